The molecule has 1 atom stereocenters. The maximum Gasteiger partial charge on any atom is 0.257 e. The fourth-order valence-corrected chi connectivity index (χ4v) is 3.32. The van der Waals surface area contributed by atoms with Crippen LogP contribution < -0.4 is 0 Å². The number of piperidine rings is 1. The van der Waals surface area contributed by atoms with Crippen molar-refractivity contribution < 1.29 is 23.2 Å². The van der Waals surface area contributed by atoms with Gasteiger partial charge in [-0.2, -0.15) is 4.98 Å². The molecule has 1 aliphatic rings. The van der Waals surface area contributed by atoms with Crippen molar-refractivity contribution in [2.24, 2.45) is 5.92 Å². The van der Waals surface area contributed by atoms with Crippen LogP contribution in [0.1, 0.15) is 25.1 Å². The van der Waals surface area contributed by atoms with Crippen LogP contribution in [0.5, 0.6) is 0 Å². The molecular formula is C20H26FN3O4. The summed E-state index contributed by atoms with van der Waals surface area (Å²) in [6.45, 7) is 2.52. The Bertz CT molecular complexity index is 750. The minimum Gasteiger partial charge on any atom is -0.382 e. The van der Waals surface area contributed by atoms with E-state index in [2.05, 4.69) is 10.1 Å². The van der Waals surface area contributed by atoms with Crippen LogP contribution in [0, 0.1) is 11.7 Å². The van der Waals surface area contributed by atoms with Crippen molar-refractivity contribution >= 4 is 5.91 Å². The van der Waals surface area contributed by atoms with Crippen molar-refractivity contribution in [2.45, 2.75) is 25.7 Å². The molecule has 0 aliphatic carbocycles. The molecule has 152 valence electrons. The number of nitrogens with zero attached hydrogens (tertiary/aromatic N) is 3. The third kappa shape index (κ3) is 5.84. The Morgan fingerprint density at radius 3 is 2.93 bits per heavy atom. The van der Waals surface area contributed by atoms with E-state index in [1.807, 2.05) is 4.90 Å². The number of halogens is 1. The number of carbonyl (C=O) groups is 1. The average molecular weight is 391 g/mol. The van der Waals surface area contributed by atoms with E-state index in [1.54, 1.807) is 19.2 Å². The number of hydrogen-bond donors (Lipinski definition) is 0. The van der Waals surface area contributed by atoms with E-state index in [0.717, 1.165) is 32.4 Å². The maximum atomic E-state index is 13.0. The van der Waals surface area contributed by atoms with Crippen LogP contribution in [0.3, 0.4) is 0 Å². The highest BCUT2D eigenvalue weighted by Gasteiger charge is 2.24. The van der Waals surface area contributed by atoms with E-state index in [9.17, 15) is 9.18 Å². The lowest BCUT2D eigenvalue weighted by Gasteiger charge is -2.32. The minimum absolute atomic E-state index is 0.0268. The first-order chi connectivity index (χ1) is 13.7. The van der Waals surface area contributed by atoms with Gasteiger partial charge in [0.15, 0.2) is 5.82 Å². The van der Waals surface area contributed by atoms with Gasteiger partial charge >= 0.3 is 0 Å². The first-order valence-corrected chi connectivity index (χ1v) is 9.58. The SMILES string of the molecule is COCCOCC(=O)N1CCCC(CCc2noc(-c3ccc(F)cc3)n2)C1. The van der Waals surface area contributed by atoms with E-state index in [4.69, 9.17) is 14.0 Å². The molecule has 3 rings (SSSR count). The number of carbonyl (C=O) groups excluding carboxylic acids is 1. The lowest BCUT2D eigenvalue weighted by atomic mass is 9.93. The third-order valence-electron chi connectivity index (χ3n) is 4.86. The lowest BCUT2D eigenvalue weighted by Crippen LogP contribution is -2.42. The van der Waals surface area contributed by atoms with Crippen LogP contribution in [0.2, 0.25) is 0 Å². The number of amides is 1. The first-order valence-electron chi connectivity index (χ1n) is 9.58. The number of likely N-dealkylation sites (tertiary alicyclic amines) is 1. The van der Waals surface area contributed by atoms with Crippen molar-refractivity contribution in [1.82, 2.24) is 15.0 Å². The molecule has 8 heteroatoms. The van der Waals surface area contributed by atoms with Crippen LogP contribution in [0.25, 0.3) is 11.5 Å². The van der Waals surface area contributed by atoms with Crippen LogP contribution >= 0.6 is 0 Å². The Labute approximate surface area is 163 Å². The Morgan fingerprint density at radius 1 is 1.32 bits per heavy atom. The van der Waals surface area contributed by atoms with E-state index in [1.165, 1.54) is 12.1 Å². The molecule has 1 fully saturated rings. The Hall–Kier alpha value is -2.32. The van der Waals surface area contributed by atoms with E-state index >= 15 is 0 Å². The van der Waals surface area contributed by atoms with Crippen LogP contribution in [0.4, 0.5) is 4.39 Å². The fourth-order valence-electron chi connectivity index (χ4n) is 3.32. The van der Waals surface area contributed by atoms with E-state index in [-0.39, 0.29) is 18.3 Å². The number of rotatable bonds is 9. The van der Waals surface area contributed by atoms with Crippen LogP contribution in [-0.2, 0) is 20.7 Å². The van der Waals surface area contributed by atoms with Gasteiger partial charge in [0.2, 0.25) is 5.91 Å². The molecule has 0 radical (unpaired) electrons. The maximum absolute atomic E-state index is 13.0. The molecule has 2 heterocycles. The molecule has 1 unspecified atom stereocenters. The zero-order valence-electron chi connectivity index (χ0n) is 16.1. The molecule has 1 amide bonds. The highest BCUT2D eigenvalue weighted by Crippen LogP contribution is 2.22. The average Bonchev–Trinajstić information content (AvgIpc) is 3.19. The largest absolute Gasteiger partial charge is 0.382 e. The Kier molecular flexibility index (Phi) is 7.50. The standard InChI is InChI=1S/C20H26FN3O4/c1-26-11-12-27-14-19(25)24-10-2-3-15(13-24)4-9-18-22-20(28-23-18)16-5-7-17(21)8-6-16/h5-8,15H,2-4,9-14H2,1H3. The summed E-state index contributed by atoms with van der Waals surface area (Å²) in [6.07, 6.45) is 3.64. The van der Waals surface area contributed by atoms with Crippen molar-refractivity contribution in [3.05, 3.63) is 35.9 Å². The topological polar surface area (TPSA) is 77.7 Å². The highest BCUT2D eigenvalue weighted by molar-refractivity contribution is 5.77. The zero-order valence-corrected chi connectivity index (χ0v) is 16.1. The van der Waals surface area contributed by atoms with Gasteiger partial charge in [0, 0.05) is 32.2 Å². The second-order valence-corrected chi connectivity index (χ2v) is 6.95. The summed E-state index contributed by atoms with van der Waals surface area (Å²) in [5, 5.41) is 4.02. The predicted molar refractivity (Wildman–Crippen MR) is 100 cm³/mol. The van der Waals surface area contributed by atoms with Gasteiger partial charge in [-0.1, -0.05) is 5.16 Å². The van der Waals surface area contributed by atoms with Gasteiger partial charge in [-0.15, -0.1) is 0 Å². The number of benzene rings is 1. The van der Waals surface area contributed by atoms with Gasteiger partial charge in [0.25, 0.3) is 5.89 Å². The quantitative estimate of drug-likeness (QED) is 0.612. The minimum atomic E-state index is -0.302. The number of ether oxygens (including phenoxy) is 2. The highest BCUT2D eigenvalue weighted by atomic mass is 19.1. The number of hydrogen-bond acceptors (Lipinski definition) is 6. The summed E-state index contributed by atoms with van der Waals surface area (Å²) in [5.74, 6) is 1.15. The molecule has 0 saturated carbocycles. The molecule has 1 aromatic carbocycles. The monoisotopic (exact) mass is 391 g/mol. The zero-order chi connectivity index (χ0) is 19.8. The number of aromatic nitrogens is 2. The second-order valence-electron chi connectivity index (χ2n) is 6.95. The Morgan fingerprint density at radius 2 is 2.14 bits per heavy atom. The Balaban J connectivity index is 1.45. The smallest absolute Gasteiger partial charge is 0.257 e. The molecule has 28 heavy (non-hydrogen) atoms. The number of methoxy groups -OCH3 is 1. The van der Waals surface area contributed by atoms with Gasteiger partial charge in [-0.25, -0.2) is 4.39 Å². The summed E-state index contributed by atoms with van der Waals surface area (Å²) in [6, 6.07) is 5.97. The summed E-state index contributed by atoms with van der Waals surface area (Å²) in [5.41, 5.74) is 0.697. The van der Waals surface area contributed by atoms with Gasteiger partial charge in [0.05, 0.1) is 13.2 Å². The molecule has 7 nitrogen and oxygen atoms in total. The molecule has 0 spiro atoms. The molecule has 1 saturated heterocycles. The van der Waals surface area contributed by atoms with Crippen molar-refractivity contribution in [3.63, 3.8) is 0 Å². The summed E-state index contributed by atoms with van der Waals surface area (Å²) in [4.78, 5) is 18.5. The molecule has 2 aromatic rings. The molecule has 0 N–H and O–H groups in total. The molecule has 0 bridgehead atoms. The van der Waals surface area contributed by atoms with Crippen molar-refractivity contribution in [3.8, 4) is 11.5 Å². The molecule has 1 aromatic heterocycles. The summed E-state index contributed by atoms with van der Waals surface area (Å²) >= 11 is 0. The van der Waals surface area contributed by atoms with Crippen molar-refractivity contribution in [1.29, 1.82) is 0 Å². The second kappa shape index (κ2) is 10.3. The number of aryl methyl sites for hydroxylation is 1. The normalized spacial score (nSPS) is 17.1. The van der Waals surface area contributed by atoms with Gasteiger partial charge < -0.3 is 18.9 Å². The van der Waals surface area contributed by atoms with Gasteiger partial charge in [-0.3, -0.25) is 4.79 Å². The van der Waals surface area contributed by atoms with Gasteiger partial charge in [0.1, 0.15) is 12.4 Å². The van der Waals surface area contributed by atoms with Gasteiger partial charge in [-0.05, 0) is 49.4 Å². The summed E-state index contributed by atoms with van der Waals surface area (Å²) < 4.78 is 28.5. The van der Waals surface area contributed by atoms with Crippen molar-refractivity contribution in [2.75, 3.05) is 40.0 Å². The van der Waals surface area contributed by atoms with E-state index in [0.29, 0.717) is 42.8 Å². The summed E-state index contributed by atoms with van der Waals surface area (Å²) in [7, 11) is 1.60. The molecule has 1 aliphatic heterocycles. The lowest BCUT2D eigenvalue weighted by molar-refractivity contribution is -0.138. The third-order valence-corrected chi connectivity index (χ3v) is 4.86. The predicted octanol–water partition coefficient (Wildman–Crippen LogP) is 2.71. The fraction of sp³-hybridized carbons (Fsp3) is 0.550. The van der Waals surface area contributed by atoms with E-state index < -0.39 is 0 Å². The first kappa shape index (κ1) is 20.4. The van der Waals surface area contributed by atoms with Crippen LogP contribution in [0.15, 0.2) is 28.8 Å². The van der Waals surface area contributed by atoms with Crippen LogP contribution in [-0.4, -0.2) is 61.0 Å². The molecular weight excluding hydrogens is 365 g/mol.